The molecule has 0 bridgehead atoms. The standard InChI is InChI=1S/C20H20N2O4/c21-17-9-5-15(6-10-17)4-2-1-3-13-25-20(24)19(26-14-23)16-7-11-18(22)12-8-16/h1-3,5-14,19H,4,21-22H2. The summed E-state index contributed by atoms with van der Waals surface area (Å²) >= 11 is 0. The van der Waals surface area contributed by atoms with E-state index in [0.29, 0.717) is 11.3 Å². The summed E-state index contributed by atoms with van der Waals surface area (Å²) in [5.74, 6) is -0.704. The second kappa shape index (κ2) is 9.68. The van der Waals surface area contributed by atoms with Gasteiger partial charge in [0.1, 0.15) is 0 Å². The van der Waals surface area contributed by atoms with Gasteiger partial charge in [-0.25, -0.2) is 4.79 Å². The third kappa shape index (κ3) is 5.83. The molecule has 2 aromatic carbocycles. The van der Waals surface area contributed by atoms with Crippen LogP contribution in [0.4, 0.5) is 11.4 Å². The molecule has 0 amide bonds. The molecule has 0 spiro atoms. The zero-order valence-corrected chi connectivity index (χ0v) is 14.1. The van der Waals surface area contributed by atoms with Crippen molar-refractivity contribution in [3.63, 3.8) is 0 Å². The molecule has 2 aromatic rings. The summed E-state index contributed by atoms with van der Waals surface area (Å²) in [7, 11) is 0. The average molecular weight is 352 g/mol. The summed E-state index contributed by atoms with van der Waals surface area (Å²) in [6, 6.07) is 14.0. The lowest BCUT2D eigenvalue weighted by Gasteiger charge is -2.13. The molecule has 1 atom stereocenters. The van der Waals surface area contributed by atoms with E-state index in [9.17, 15) is 9.59 Å². The van der Waals surface area contributed by atoms with E-state index in [1.807, 2.05) is 30.3 Å². The van der Waals surface area contributed by atoms with Crippen LogP contribution in [0.1, 0.15) is 17.2 Å². The Morgan fingerprint density at radius 2 is 1.58 bits per heavy atom. The Morgan fingerprint density at radius 3 is 2.19 bits per heavy atom. The van der Waals surface area contributed by atoms with Gasteiger partial charge in [-0.1, -0.05) is 36.4 Å². The molecule has 0 aliphatic rings. The van der Waals surface area contributed by atoms with Crippen LogP contribution in [-0.2, 0) is 25.5 Å². The maximum Gasteiger partial charge on any atom is 0.357 e. The smallest absolute Gasteiger partial charge is 0.357 e. The number of hydrogen-bond donors (Lipinski definition) is 2. The van der Waals surface area contributed by atoms with Gasteiger partial charge in [0.2, 0.25) is 6.10 Å². The Bertz CT molecular complexity index is 780. The first-order valence-corrected chi connectivity index (χ1v) is 7.91. The van der Waals surface area contributed by atoms with Crippen LogP contribution >= 0.6 is 0 Å². The maximum atomic E-state index is 12.1. The number of esters is 1. The molecular formula is C20H20N2O4. The van der Waals surface area contributed by atoms with Crippen molar-refractivity contribution in [1.82, 2.24) is 0 Å². The first-order valence-electron chi connectivity index (χ1n) is 7.91. The number of hydrogen-bond acceptors (Lipinski definition) is 6. The van der Waals surface area contributed by atoms with Gasteiger partial charge in [-0.3, -0.25) is 4.79 Å². The quantitative estimate of drug-likeness (QED) is 0.249. The van der Waals surface area contributed by atoms with Crippen molar-refractivity contribution in [2.75, 3.05) is 11.5 Å². The topological polar surface area (TPSA) is 105 Å². The predicted molar refractivity (Wildman–Crippen MR) is 99.7 cm³/mol. The van der Waals surface area contributed by atoms with E-state index in [4.69, 9.17) is 20.9 Å². The van der Waals surface area contributed by atoms with Gasteiger partial charge in [0.15, 0.2) is 0 Å². The van der Waals surface area contributed by atoms with E-state index in [0.717, 1.165) is 17.7 Å². The number of ether oxygens (including phenoxy) is 2. The summed E-state index contributed by atoms with van der Waals surface area (Å²) in [6.07, 6.45) is 6.06. The lowest BCUT2D eigenvalue weighted by Crippen LogP contribution is -2.16. The third-order valence-electron chi connectivity index (χ3n) is 3.49. The monoisotopic (exact) mass is 352 g/mol. The van der Waals surface area contributed by atoms with Crippen LogP contribution in [0, 0.1) is 0 Å². The van der Waals surface area contributed by atoms with Crippen molar-refractivity contribution in [2.45, 2.75) is 12.5 Å². The normalized spacial score (nSPS) is 12.2. The molecule has 0 aromatic heterocycles. The fraction of sp³-hybridized carbons (Fsp3) is 0.100. The fourth-order valence-electron chi connectivity index (χ4n) is 2.15. The van der Waals surface area contributed by atoms with Crippen molar-refractivity contribution < 1.29 is 19.1 Å². The summed E-state index contributed by atoms with van der Waals surface area (Å²) in [6.45, 7) is 0.207. The fourth-order valence-corrected chi connectivity index (χ4v) is 2.15. The largest absolute Gasteiger partial charge is 0.448 e. The van der Waals surface area contributed by atoms with Crippen molar-refractivity contribution >= 4 is 23.8 Å². The molecule has 0 aliphatic carbocycles. The number of carbonyl (C=O) groups is 2. The van der Waals surface area contributed by atoms with Crippen LogP contribution in [-0.4, -0.2) is 12.4 Å². The number of allylic oxidation sites excluding steroid dienone is 3. The van der Waals surface area contributed by atoms with E-state index in [2.05, 4.69) is 0 Å². The maximum absolute atomic E-state index is 12.1. The molecule has 6 heteroatoms. The van der Waals surface area contributed by atoms with Gasteiger partial charge in [0.05, 0.1) is 6.26 Å². The molecule has 0 radical (unpaired) electrons. The molecule has 0 aliphatic heterocycles. The molecule has 1 unspecified atom stereocenters. The van der Waals surface area contributed by atoms with E-state index in [-0.39, 0.29) is 6.47 Å². The van der Waals surface area contributed by atoms with Crippen molar-refractivity contribution in [3.8, 4) is 0 Å². The molecule has 0 heterocycles. The molecule has 0 saturated carbocycles. The number of rotatable bonds is 8. The molecule has 6 nitrogen and oxygen atoms in total. The van der Waals surface area contributed by atoms with Crippen LogP contribution in [0.3, 0.4) is 0 Å². The van der Waals surface area contributed by atoms with Crippen LogP contribution < -0.4 is 11.5 Å². The van der Waals surface area contributed by atoms with Crippen LogP contribution in [0.2, 0.25) is 0 Å². The van der Waals surface area contributed by atoms with Crippen molar-refractivity contribution in [2.24, 2.45) is 0 Å². The van der Waals surface area contributed by atoms with Gasteiger partial charge in [-0.05, 0) is 42.3 Å². The molecule has 0 saturated heterocycles. The Labute approximate surface area is 151 Å². The van der Waals surface area contributed by atoms with Crippen molar-refractivity contribution in [3.05, 3.63) is 84.1 Å². The third-order valence-corrected chi connectivity index (χ3v) is 3.49. The van der Waals surface area contributed by atoms with Gasteiger partial charge < -0.3 is 20.9 Å². The lowest BCUT2D eigenvalue weighted by atomic mass is 10.1. The van der Waals surface area contributed by atoms with Gasteiger partial charge >= 0.3 is 5.97 Å². The number of carbonyl (C=O) groups excluding carboxylic acids is 2. The zero-order chi connectivity index (χ0) is 18.8. The molecular weight excluding hydrogens is 332 g/mol. The first kappa shape index (κ1) is 18.8. The average Bonchev–Trinajstić information content (AvgIpc) is 2.65. The van der Waals surface area contributed by atoms with Crippen LogP contribution in [0.5, 0.6) is 0 Å². The van der Waals surface area contributed by atoms with Crippen molar-refractivity contribution in [1.29, 1.82) is 0 Å². The molecule has 0 fully saturated rings. The molecule has 26 heavy (non-hydrogen) atoms. The van der Waals surface area contributed by atoms with Gasteiger partial charge in [0.25, 0.3) is 6.47 Å². The number of nitrogens with two attached hydrogens (primary N) is 2. The number of nitrogen functional groups attached to an aromatic ring is 2. The Balaban J connectivity index is 1.87. The highest BCUT2D eigenvalue weighted by Crippen LogP contribution is 2.19. The minimum absolute atomic E-state index is 0.207. The van der Waals surface area contributed by atoms with Gasteiger partial charge in [-0.15, -0.1) is 0 Å². The van der Waals surface area contributed by atoms with Crippen LogP contribution in [0.15, 0.2) is 73.0 Å². The van der Waals surface area contributed by atoms with Gasteiger partial charge in [-0.2, -0.15) is 0 Å². The zero-order valence-electron chi connectivity index (χ0n) is 14.1. The summed E-state index contributed by atoms with van der Waals surface area (Å²) in [4.78, 5) is 22.7. The number of anilines is 2. The second-order valence-electron chi connectivity index (χ2n) is 5.42. The summed E-state index contributed by atoms with van der Waals surface area (Å²) in [5, 5.41) is 0. The molecule has 4 N–H and O–H groups in total. The minimum Gasteiger partial charge on any atom is -0.448 e. The SMILES string of the molecule is Nc1ccc(CC=CC=COC(=O)C(OC=O)c2ccc(N)cc2)cc1. The predicted octanol–water partition coefficient (Wildman–Crippen LogP) is 2.92. The Morgan fingerprint density at radius 1 is 0.962 bits per heavy atom. The number of benzene rings is 2. The van der Waals surface area contributed by atoms with E-state index >= 15 is 0 Å². The minimum atomic E-state index is -1.14. The molecule has 2 rings (SSSR count). The Hall–Kier alpha value is -3.54. The second-order valence-corrected chi connectivity index (χ2v) is 5.42. The summed E-state index contributed by atoms with van der Waals surface area (Å²) < 4.78 is 9.82. The summed E-state index contributed by atoms with van der Waals surface area (Å²) in [5.41, 5.74) is 14.1. The highest BCUT2D eigenvalue weighted by Gasteiger charge is 2.23. The van der Waals surface area contributed by atoms with Gasteiger partial charge in [0, 0.05) is 16.9 Å². The highest BCUT2D eigenvalue weighted by atomic mass is 16.6. The first-order chi connectivity index (χ1) is 12.6. The van der Waals surface area contributed by atoms with E-state index in [1.165, 1.54) is 6.26 Å². The Kier molecular flexibility index (Phi) is 7.00. The van der Waals surface area contributed by atoms with E-state index in [1.54, 1.807) is 36.4 Å². The van der Waals surface area contributed by atoms with Crippen LogP contribution in [0.25, 0.3) is 0 Å². The molecule has 134 valence electrons. The highest BCUT2D eigenvalue weighted by molar-refractivity contribution is 5.78. The lowest BCUT2D eigenvalue weighted by molar-refractivity contribution is -0.157. The van der Waals surface area contributed by atoms with E-state index < -0.39 is 12.1 Å².